The molecule has 0 aromatic carbocycles. The first-order valence-electron chi connectivity index (χ1n) is 5.05. The smallest absolute Gasteiger partial charge is 0.0745 e. The second-order valence-corrected chi connectivity index (χ2v) is 4.40. The number of fused-ring (bicyclic) bond motifs is 2. The lowest BCUT2D eigenvalue weighted by Crippen LogP contribution is -2.24. The summed E-state index contributed by atoms with van der Waals surface area (Å²) < 4.78 is 5.65. The molecular formula is C10H18O2. The van der Waals surface area contributed by atoms with E-state index in [4.69, 9.17) is 9.84 Å². The molecule has 2 aliphatic rings. The van der Waals surface area contributed by atoms with Gasteiger partial charge in [0.15, 0.2) is 0 Å². The van der Waals surface area contributed by atoms with E-state index in [1.807, 2.05) is 0 Å². The molecule has 2 bridgehead atoms. The summed E-state index contributed by atoms with van der Waals surface area (Å²) in [5.74, 6) is 1.75. The summed E-state index contributed by atoms with van der Waals surface area (Å²) in [6.07, 6.45) is 5.57. The van der Waals surface area contributed by atoms with Crippen molar-refractivity contribution in [1.29, 1.82) is 0 Å². The molecule has 70 valence electrons. The fourth-order valence-electron chi connectivity index (χ4n) is 2.65. The maximum absolute atomic E-state index is 9.06. The molecule has 2 aliphatic carbocycles. The van der Waals surface area contributed by atoms with Crippen LogP contribution >= 0.6 is 0 Å². The molecule has 0 aliphatic heterocycles. The van der Waals surface area contributed by atoms with Crippen LogP contribution in [-0.4, -0.2) is 23.9 Å². The standard InChI is InChI=1S/C10H18O2/c1-7(11)6-12-10-5-8-2-3-9(10)4-8/h7-11H,2-6H2,1H3. The third-order valence-electron chi connectivity index (χ3n) is 3.22. The van der Waals surface area contributed by atoms with E-state index < -0.39 is 0 Å². The summed E-state index contributed by atoms with van der Waals surface area (Å²) in [5, 5.41) is 9.06. The van der Waals surface area contributed by atoms with E-state index in [0.717, 1.165) is 11.8 Å². The van der Waals surface area contributed by atoms with E-state index >= 15 is 0 Å². The van der Waals surface area contributed by atoms with E-state index in [1.54, 1.807) is 6.92 Å². The van der Waals surface area contributed by atoms with Crippen LogP contribution in [0.1, 0.15) is 32.6 Å². The molecule has 12 heavy (non-hydrogen) atoms. The summed E-state index contributed by atoms with van der Waals surface area (Å²) in [6.45, 7) is 2.31. The van der Waals surface area contributed by atoms with Crippen molar-refractivity contribution in [3.05, 3.63) is 0 Å². The maximum atomic E-state index is 9.06. The van der Waals surface area contributed by atoms with Crippen LogP contribution < -0.4 is 0 Å². The molecular weight excluding hydrogens is 152 g/mol. The van der Waals surface area contributed by atoms with Crippen LogP contribution in [0.2, 0.25) is 0 Å². The van der Waals surface area contributed by atoms with Gasteiger partial charge in [-0.1, -0.05) is 0 Å². The minimum absolute atomic E-state index is 0.302. The zero-order valence-corrected chi connectivity index (χ0v) is 7.70. The third-order valence-corrected chi connectivity index (χ3v) is 3.22. The van der Waals surface area contributed by atoms with Crippen LogP contribution in [0.3, 0.4) is 0 Å². The molecule has 4 unspecified atom stereocenters. The SMILES string of the molecule is CC(O)COC1CC2CCC1C2. The van der Waals surface area contributed by atoms with Crippen LogP contribution in [0.5, 0.6) is 0 Å². The molecule has 2 nitrogen and oxygen atoms in total. The van der Waals surface area contributed by atoms with Gasteiger partial charge in [-0.15, -0.1) is 0 Å². The predicted octanol–water partition coefficient (Wildman–Crippen LogP) is 1.57. The highest BCUT2D eigenvalue weighted by atomic mass is 16.5. The number of aliphatic hydroxyl groups excluding tert-OH is 1. The fourth-order valence-corrected chi connectivity index (χ4v) is 2.65. The van der Waals surface area contributed by atoms with E-state index in [-0.39, 0.29) is 6.10 Å². The molecule has 2 rings (SSSR count). The summed E-state index contributed by atoms with van der Waals surface area (Å²) in [6, 6.07) is 0. The lowest BCUT2D eigenvalue weighted by atomic mass is 9.98. The monoisotopic (exact) mass is 170 g/mol. The second kappa shape index (κ2) is 3.35. The highest BCUT2D eigenvalue weighted by Gasteiger charge is 2.40. The first kappa shape index (κ1) is 8.52. The minimum Gasteiger partial charge on any atom is -0.391 e. The molecule has 0 aromatic heterocycles. The molecule has 1 N–H and O–H groups in total. The average molecular weight is 170 g/mol. The fraction of sp³-hybridized carbons (Fsp3) is 1.00. The van der Waals surface area contributed by atoms with Gasteiger partial charge in [0.1, 0.15) is 0 Å². The summed E-state index contributed by atoms with van der Waals surface area (Å²) in [4.78, 5) is 0. The van der Waals surface area contributed by atoms with E-state index in [0.29, 0.717) is 12.7 Å². The molecule has 2 heteroatoms. The normalized spacial score (nSPS) is 42.0. The molecule has 2 fully saturated rings. The third kappa shape index (κ3) is 1.64. The summed E-state index contributed by atoms with van der Waals surface area (Å²) >= 11 is 0. The first-order chi connectivity index (χ1) is 5.75. The molecule has 0 saturated heterocycles. The highest BCUT2D eigenvalue weighted by Crippen LogP contribution is 2.45. The van der Waals surface area contributed by atoms with Gasteiger partial charge in [0.05, 0.1) is 18.8 Å². The lowest BCUT2D eigenvalue weighted by molar-refractivity contribution is -0.0263. The predicted molar refractivity (Wildman–Crippen MR) is 46.9 cm³/mol. The maximum Gasteiger partial charge on any atom is 0.0745 e. The van der Waals surface area contributed by atoms with Gasteiger partial charge >= 0.3 is 0 Å². The average Bonchev–Trinajstić information content (AvgIpc) is 2.60. The van der Waals surface area contributed by atoms with E-state index in [9.17, 15) is 0 Å². The van der Waals surface area contributed by atoms with Gasteiger partial charge < -0.3 is 9.84 Å². The van der Waals surface area contributed by atoms with Crippen LogP contribution in [0.4, 0.5) is 0 Å². The Morgan fingerprint density at radius 1 is 1.42 bits per heavy atom. The summed E-state index contributed by atoms with van der Waals surface area (Å²) in [7, 11) is 0. The second-order valence-electron chi connectivity index (χ2n) is 4.40. The Morgan fingerprint density at radius 3 is 2.75 bits per heavy atom. The van der Waals surface area contributed by atoms with Gasteiger partial charge in [-0.2, -0.15) is 0 Å². The van der Waals surface area contributed by atoms with Crippen LogP contribution in [0.25, 0.3) is 0 Å². The van der Waals surface area contributed by atoms with Crippen LogP contribution in [0.15, 0.2) is 0 Å². The van der Waals surface area contributed by atoms with Gasteiger partial charge in [-0.25, -0.2) is 0 Å². The number of hydrogen-bond donors (Lipinski definition) is 1. The van der Waals surface area contributed by atoms with Crippen molar-refractivity contribution in [1.82, 2.24) is 0 Å². The van der Waals surface area contributed by atoms with Crippen molar-refractivity contribution in [2.45, 2.75) is 44.8 Å². The quantitative estimate of drug-likeness (QED) is 0.696. The topological polar surface area (TPSA) is 29.5 Å². The number of ether oxygens (including phenoxy) is 1. The van der Waals surface area contributed by atoms with Gasteiger partial charge in [-0.3, -0.25) is 0 Å². The van der Waals surface area contributed by atoms with Gasteiger partial charge in [0, 0.05) is 0 Å². The molecule has 0 heterocycles. The Hall–Kier alpha value is -0.0800. The Labute approximate surface area is 73.9 Å². The summed E-state index contributed by atoms with van der Waals surface area (Å²) in [5.41, 5.74) is 0. The van der Waals surface area contributed by atoms with Gasteiger partial charge in [-0.05, 0) is 44.4 Å². The number of aliphatic hydroxyl groups is 1. The van der Waals surface area contributed by atoms with Crippen molar-refractivity contribution in [2.75, 3.05) is 6.61 Å². The van der Waals surface area contributed by atoms with Crippen molar-refractivity contribution in [3.8, 4) is 0 Å². The lowest BCUT2D eigenvalue weighted by Gasteiger charge is -2.22. The molecule has 0 aromatic rings. The van der Waals surface area contributed by atoms with Gasteiger partial charge in [0.25, 0.3) is 0 Å². The molecule has 2 saturated carbocycles. The van der Waals surface area contributed by atoms with Crippen molar-refractivity contribution >= 4 is 0 Å². The zero-order chi connectivity index (χ0) is 8.55. The van der Waals surface area contributed by atoms with Crippen molar-refractivity contribution < 1.29 is 9.84 Å². The molecule has 0 spiro atoms. The van der Waals surface area contributed by atoms with Crippen molar-refractivity contribution in [3.63, 3.8) is 0 Å². The molecule has 4 atom stereocenters. The number of hydrogen-bond acceptors (Lipinski definition) is 2. The largest absolute Gasteiger partial charge is 0.391 e. The Kier molecular flexibility index (Phi) is 2.37. The van der Waals surface area contributed by atoms with Crippen LogP contribution in [0, 0.1) is 11.8 Å². The highest BCUT2D eigenvalue weighted by molar-refractivity contribution is 4.90. The van der Waals surface area contributed by atoms with Gasteiger partial charge in [0.2, 0.25) is 0 Å². The minimum atomic E-state index is -0.302. The van der Waals surface area contributed by atoms with E-state index in [2.05, 4.69) is 0 Å². The first-order valence-corrected chi connectivity index (χ1v) is 5.05. The number of rotatable bonds is 3. The Balaban J connectivity index is 1.76. The zero-order valence-electron chi connectivity index (χ0n) is 7.70. The Bertz CT molecular complexity index is 156. The molecule has 0 amide bonds. The van der Waals surface area contributed by atoms with Crippen LogP contribution in [-0.2, 0) is 4.74 Å². The Morgan fingerprint density at radius 2 is 2.25 bits per heavy atom. The van der Waals surface area contributed by atoms with Crippen molar-refractivity contribution in [2.24, 2.45) is 11.8 Å². The van der Waals surface area contributed by atoms with E-state index in [1.165, 1.54) is 25.7 Å². The molecule has 0 radical (unpaired) electrons.